The van der Waals surface area contributed by atoms with Crippen molar-refractivity contribution in [1.82, 2.24) is 15.1 Å². The van der Waals surface area contributed by atoms with Crippen LogP contribution in [0.15, 0.2) is 0 Å². The third-order valence-electron chi connectivity index (χ3n) is 4.96. The van der Waals surface area contributed by atoms with Gasteiger partial charge in [0, 0.05) is 38.8 Å². The second kappa shape index (κ2) is 8.85. The third kappa shape index (κ3) is 5.21. The van der Waals surface area contributed by atoms with Crippen molar-refractivity contribution in [1.29, 1.82) is 0 Å². The molecule has 1 saturated carbocycles. The van der Waals surface area contributed by atoms with Crippen molar-refractivity contribution in [3.63, 3.8) is 0 Å². The SMILES string of the molecule is CC(C)CC(C(=O)NC1CCCC1)N1CCN(CCO)CC1. The minimum atomic E-state index is 0.0110. The minimum Gasteiger partial charge on any atom is -0.395 e. The number of hydrogen-bond donors (Lipinski definition) is 2. The van der Waals surface area contributed by atoms with Gasteiger partial charge in [-0.1, -0.05) is 26.7 Å². The van der Waals surface area contributed by atoms with Crippen molar-refractivity contribution in [3.05, 3.63) is 0 Å². The zero-order chi connectivity index (χ0) is 15.9. The van der Waals surface area contributed by atoms with Crippen LogP contribution in [0, 0.1) is 5.92 Å². The van der Waals surface area contributed by atoms with Gasteiger partial charge in [-0.25, -0.2) is 0 Å². The summed E-state index contributed by atoms with van der Waals surface area (Å²) in [5.74, 6) is 0.756. The molecule has 1 heterocycles. The summed E-state index contributed by atoms with van der Waals surface area (Å²) in [4.78, 5) is 17.4. The van der Waals surface area contributed by atoms with Crippen LogP contribution < -0.4 is 5.32 Å². The van der Waals surface area contributed by atoms with Gasteiger partial charge >= 0.3 is 0 Å². The van der Waals surface area contributed by atoms with Crippen LogP contribution in [0.1, 0.15) is 46.0 Å². The van der Waals surface area contributed by atoms with Gasteiger partial charge in [-0.15, -0.1) is 0 Å². The van der Waals surface area contributed by atoms with E-state index in [0.29, 0.717) is 12.0 Å². The number of aliphatic hydroxyl groups is 1. The maximum atomic E-state index is 12.7. The molecule has 128 valence electrons. The highest BCUT2D eigenvalue weighted by molar-refractivity contribution is 5.82. The molecule has 0 spiro atoms. The average Bonchev–Trinajstić information content (AvgIpc) is 2.99. The van der Waals surface area contributed by atoms with Crippen LogP contribution in [0.3, 0.4) is 0 Å². The van der Waals surface area contributed by atoms with Gasteiger partial charge in [0.25, 0.3) is 0 Å². The Kier molecular flexibility index (Phi) is 7.12. The molecular weight excluding hydrogens is 278 g/mol. The monoisotopic (exact) mass is 311 g/mol. The Morgan fingerprint density at radius 3 is 2.36 bits per heavy atom. The first-order valence-corrected chi connectivity index (χ1v) is 8.97. The van der Waals surface area contributed by atoms with Gasteiger partial charge in [-0.2, -0.15) is 0 Å². The first-order chi connectivity index (χ1) is 10.6. The van der Waals surface area contributed by atoms with Crippen molar-refractivity contribution < 1.29 is 9.90 Å². The standard InChI is InChI=1S/C17H33N3O2/c1-14(2)13-16(17(22)18-15-5-3-4-6-15)20-9-7-19(8-10-20)11-12-21/h14-16,21H,3-13H2,1-2H3,(H,18,22). The molecule has 22 heavy (non-hydrogen) atoms. The lowest BCUT2D eigenvalue weighted by Crippen LogP contribution is -2.56. The molecule has 0 radical (unpaired) electrons. The van der Waals surface area contributed by atoms with Crippen molar-refractivity contribution >= 4 is 5.91 Å². The Balaban J connectivity index is 1.89. The van der Waals surface area contributed by atoms with E-state index >= 15 is 0 Å². The number of amides is 1. The van der Waals surface area contributed by atoms with E-state index in [9.17, 15) is 4.79 Å². The summed E-state index contributed by atoms with van der Waals surface area (Å²) in [7, 11) is 0. The van der Waals surface area contributed by atoms with Crippen LogP contribution in [0.5, 0.6) is 0 Å². The van der Waals surface area contributed by atoms with Crippen molar-refractivity contribution in [2.24, 2.45) is 5.92 Å². The number of aliphatic hydroxyl groups excluding tert-OH is 1. The highest BCUT2D eigenvalue weighted by Crippen LogP contribution is 2.20. The lowest BCUT2D eigenvalue weighted by Gasteiger charge is -2.39. The van der Waals surface area contributed by atoms with Gasteiger partial charge < -0.3 is 10.4 Å². The maximum Gasteiger partial charge on any atom is 0.237 e. The van der Waals surface area contributed by atoms with Crippen LogP contribution >= 0.6 is 0 Å². The third-order valence-corrected chi connectivity index (χ3v) is 4.96. The highest BCUT2D eigenvalue weighted by Gasteiger charge is 2.31. The second-order valence-electron chi connectivity index (χ2n) is 7.24. The Morgan fingerprint density at radius 2 is 1.82 bits per heavy atom. The number of carbonyl (C=O) groups is 1. The molecule has 1 atom stereocenters. The van der Waals surface area contributed by atoms with Gasteiger partial charge in [0.15, 0.2) is 0 Å². The van der Waals surface area contributed by atoms with E-state index in [0.717, 1.165) is 52.0 Å². The highest BCUT2D eigenvalue weighted by atomic mass is 16.3. The topological polar surface area (TPSA) is 55.8 Å². The summed E-state index contributed by atoms with van der Waals surface area (Å²) < 4.78 is 0. The molecular formula is C17H33N3O2. The average molecular weight is 311 g/mol. The fourth-order valence-corrected chi connectivity index (χ4v) is 3.68. The van der Waals surface area contributed by atoms with Gasteiger partial charge in [-0.05, 0) is 25.2 Å². The molecule has 2 N–H and O–H groups in total. The smallest absolute Gasteiger partial charge is 0.237 e. The van der Waals surface area contributed by atoms with E-state index in [1.54, 1.807) is 0 Å². The Hall–Kier alpha value is -0.650. The van der Waals surface area contributed by atoms with E-state index in [1.807, 2.05) is 0 Å². The van der Waals surface area contributed by atoms with E-state index in [1.165, 1.54) is 12.8 Å². The molecule has 0 aromatic heterocycles. The zero-order valence-corrected chi connectivity index (χ0v) is 14.3. The quantitative estimate of drug-likeness (QED) is 0.738. The van der Waals surface area contributed by atoms with Crippen LogP contribution in [0.25, 0.3) is 0 Å². The summed E-state index contributed by atoms with van der Waals surface area (Å²) >= 11 is 0. The predicted molar refractivity (Wildman–Crippen MR) is 88.7 cm³/mol. The van der Waals surface area contributed by atoms with E-state index in [2.05, 4.69) is 29.0 Å². The number of carbonyl (C=O) groups excluding carboxylic acids is 1. The number of nitrogens with one attached hydrogen (secondary N) is 1. The van der Waals surface area contributed by atoms with Crippen molar-refractivity contribution in [3.8, 4) is 0 Å². The zero-order valence-electron chi connectivity index (χ0n) is 14.3. The molecule has 0 aromatic carbocycles. The summed E-state index contributed by atoms with van der Waals surface area (Å²) in [6.45, 7) is 9.10. The number of β-amino-alcohol motifs (C(OH)–C–C–N with tert-alkyl or cyclic N) is 1. The molecule has 0 bridgehead atoms. The second-order valence-corrected chi connectivity index (χ2v) is 7.24. The number of piperazine rings is 1. The minimum absolute atomic E-state index is 0.0110. The van der Waals surface area contributed by atoms with Gasteiger partial charge in [0.2, 0.25) is 5.91 Å². The normalized spacial score (nSPS) is 23.1. The number of rotatable bonds is 7. The molecule has 1 amide bonds. The Labute approximate surface area is 135 Å². The van der Waals surface area contributed by atoms with Crippen molar-refractivity contribution in [2.75, 3.05) is 39.3 Å². The van der Waals surface area contributed by atoms with E-state index in [4.69, 9.17) is 5.11 Å². The Bertz CT molecular complexity index is 335. The summed E-state index contributed by atoms with van der Waals surface area (Å²) in [5, 5.41) is 12.3. The fourth-order valence-electron chi connectivity index (χ4n) is 3.68. The summed E-state index contributed by atoms with van der Waals surface area (Å²) in [6, 6.07) is 0.412. The van der Waals surface area contributed by atoms with Crippen molar-refractivity contribution in [2.45, 2.75) is 58.0 Å². The fraction of sp³-hybridized carbons (Fsp3) is 0.941. The molecule has 1 aliphatic carbocycles. The van der Waals surface area contributed by atoms with Gasteiger partial charge in [0.05, 0.1) is 12.6 Å². The summed E-state index contributed by atoms with van der Waals surface area (Å²) in [6.07, 6.45) is 5.71. The molecule has 1 aliphatic heterocycles. The van der Waals surface area contributed by atoms with Crippen LogP contribution in [-0.4, -0.2) is 72.2 Å². The molecule has 5 heteroatoms. The lowest BCUT2D eigenvalue weighted by molar-refractivity contribution is -0.128. The first kappa shape index (κ1) is 17.7. The molecule has 5 nitrogen and oxygen atoms in total. The molecule has 1 unspecified atom stereocenters. The largest absolute Gasteiger partial charge is 0.395 e. The first-order valence-electron chi connectivity index (χ1n) is 8.97. The molecule has 2 rings (SSSR count). The molecule has 2 aliphatic rings. The lowest BCUT2D eigenvalue weighted by atomic mass is 10.0. The van der Waals surface area contributed by atoms with Crippen LogP contribution in [-0.2, 0) is 4.79 Å². The molecule has 1 saturated heterocycles. The number of hydrogen-bond acceptors (Lipinski definition) is 4. The molecule has 2 fully saturated rings. The van der Waals surface area contributed by atoms with Crippen LogP contribution in [0.4, 0.5) is 0 Å². The Morgan fingerprint density at radius 1 is 1.18 bits per heavy atom. The van der Waals surface area contributed by atoms with Crippen LogP contribution in [0.2, 0.25) is 0 Å². The molecule has 0 aromatic rings. The predicted octanol–water partition coefficient (Wildman–Crippen LogP) is 1.07. The van der Waals surface area contributed by atoms with E-state index < -0.39 is 0 Å². The van der Waals surface area contributed by atoms with Gasteiger partial charge in [0.1, 0.15) is 0 Å². The van der Waals surface area contributed by atoms with E-state index in [-0.39, 0.29) is 18.6 Å². The van der Waals surface area contributed by atoms with Gasteiger partial charge in [-0.3, -0.25) is 14.6 Å². The summed E-state index contributed by atoms with van der Waals surface area (Å²) in [5.41, 5.74) is 0. The number of nitrogens with zero attached hydrogens (tertiary/aromatic N) is 2. The maximum absolute atomic E-state index is 12.7.